The largest absolute Gasteiger partial charge is 0.309 e. The summed E-state index contributed by atoms with van der Waals surface area (Å²) in [5.74, 6) is 0. The fraction of sp³-hybridized carbons (Fsp3) is 0.0612. The van der Waals surface area contributed by atoms with Crippen molar-refractivity contribution in [2.75, 3.05) is 4.90 Å². The lowest BCUT2D eigenvalue weighted by Gasteiger charge is -2.31. The summed E-state index contributed by atoms with van der Waals surface area (Å²) < 4.78 is 2.62. The average Bonchev–Trinajstić information content (AvgIpc) is 3.79. The number of aryl methyl sites for hydroxylation is 2. The lowest BCUT2D eigenvalue weighted by atomic mass is 9.70. The van der Waals surface area contributed by atoms with E-state index in [0.717, 1.165) is 0 Å². The van der Waals surface area contributed by atoms with E-state index < -0.39 is 0 Å². The highest BCUT2D eigenvalue weighted by Gasteiger charge is 2.51. The lowest BCUT2D eigenvalue weighted by Crippen LogP contribution is -2.25. The highest BCUT2D eigenvalue weighted by Crippen LogP contribution is 2.63. The number of fused-ring (bicyclic) bond motifs is 15. The Bertz CT molecular complexity index is 2840. The van der Waals surface area contributed by atoms with E-state index in [2.05, 4.69) is 183 Å². The molecule has 0 unspecified atom stereocenters. The molecule has 2 aliphatic carbocycles. The molecule has 9 aromatic rings. The maximum Gasteiger partial charge on any atom is 0.0725 e. The van der Waals surface area contributed by atoms with Crippen molar-refractivity contribution in [2.45, 2.75) is 19.3 Å². The van der Waals surface area contributed by atoms with Gasteiger partial charge in [-0.25, -0.2) is 0 Å². The van der Waals surface area contributed by atoms with Crippen LogP contribution >= 0.6 is 11.3 Å². The van der Waals surface area contributed by atoms with Gasteiger partial charge in [-0.05, 0) is 117 Å². The van der Waals surface area contributed by atoms with E-state index >= 15 is 0 Å². The van der Waals surface area contributed by atoms with Crippen LogP contribution in [-0.4, -0.2) is 0 Å². The van der Waals surface area contributed by atoms with Crippen molar-refractivity contribution in [3.8, 4) is 22.3 Å². The van der Waals surface area contributed by atoms with Crippen molar-refractivity contribution >= 4 is 59.3 Å². The van der Waals surface area contributed by atoms with Crippen LogP contribution in [0, 0.1) is 13.8 Å². The molecule has 0 amide bonds. The molecule has 1 nitrogen and oxygen atoms in total. The first-order valence-electron chi connectivity index (χ1n) is 17.8. The highest BCUT2D eigenvalue weighted by molar-refractivity contribution is 7.26. The Kier molecular flexibility index (Phi) is 5.95. The Morgan fingerprint density at radius 3 is 1.69 bits per heavy atom. The standard InChI is InChI=1S/C49H33NS/c1-30-25-31(2)27-34(26-30)50(45-28-32-13-3-4-14-35(32)47-39-18-8-12-22-46(39)51-48(45)47)33-23-24-44-40(29-33)38-17-7-11-21-43(38)49(44)41-19-9-5-15-36(41)37-16-6-10-20-42(37)49/h3-29H,1-2H3. The van der Waals surface area contributed by atoms with Crippen LogP contribution < -0.4 is 4.90 Å². The van der Waals surface area contributed by atoms with Crippen LogP contribution in [0.1, 0.15) is 33.4 Å². The first kappa shape index (κ1) is 28.8. The predicted molar refractivity (Wildman–Crippen MR) is 217 cm³/mol. The van der Waals surface area contributed by atoms with Gasteiger partial charge in [-0.3, -0.25) is 0 Å². The molecule has 1 aromatic heterocycles. The van der Waals surface area contributed by atoms with E-state index in [1.165, 1.54) is 104 Å². The fourth-order valence-electron chi connectivity index (χ4n) is 9.46. The molecule has 240 valence electrons. The first-order chi connectivity index (χ1) is 25.1. The van der Waals surface area contributed by atoms with Gasteiger partial charge in [0.25, 0.3) is 0 Å². The number of thiophene rings is 1. The third-order valence-electron chi connectivity index (χ3n) is 11.3. The van der Waals surface area contributed by atoms with E-state index in [1.54, 1.807) is 0 Å². The molecule has 0 radical (unpaired) electrons. The molecule has 0 fully saturated rings. The normalized spacial score (nSPS) is 13.5. The van der Waals surface area contributed by atoms with Crippen molar-refractivity contribution in [3.05, 3.63) is 197 Å². The monoisotopic (exact) mass is 667 g/mol. The van der Waals surface area contributed by atoms with Crippen molar-refractivity contribution in [1.82, 2.24) is 0 Å². The third-order valence-corrected chi connectivity index (χ3v) is 12.5. The Morgan fingerprint density at radius 1 is 0.451 bits per heavy atom. The number of benzene rings is 8. The molecule has 8 aromatic carbocycles. The van der Waals surface area contributed by atoms with Crippen molar-refractivity contribution in [3.63, 3.8) is 0 Å². The van der Waals surface area contributed by atoms with E-state index in [0.29, 0.717) is 0 Å². The first-order valence-corrected chi connectivity index (χ1v) is 18.6. The van der Waals surface area contributed by atoms with Crippen LogP contribution in [0.25, 0.3) is 53.2 Å². The predicted octanol–water partition coefficient (Wildman–Crippen LogP) is 13.6. The SMILES string of the molecule is Cc1cc(C)cc(N(c2ccc3c(c2)-c2ccccc2C32c3ccccc3-c3ccccc32)c2cc3ccccc3c3c2sc2ccccc23)c1. The number of nitrogens with zero attached hydrogens (tertiary/aromatic N) is 1. The Labute approximate surface area is 301 Å². The molecule has 1 spiro atoms. The highest BCUT2D eigenvalue weighted by atomic mass is 32.1. The van der Waals surface area contributed by atoms with Crippen LogP contribution in [-0.2, 0) is 5.41 Å². The summed E-state index contributed by atoms with van der Waals surface area (Å²) in [6.07, 6.45) is 0. The van der Waals surface area contributed by atoms with Gasteiger partial charge in [0.05, 0.1) is 15.8 Å². The Hall–Kier alpha value is -5.96. The number of hydrogen-bond acceptors (Lipinski definition) is 2. The van der Waals surface area contributed by atoms with Gasteiger partial charge in [0, 0.05) is 26.8 Å². The molecule has 0 bridgehead atoms. The third kappa shape index (κ3) is 3.86. The average molecular weight is 668 g/mol. The second kappa shape index (κ2) is 10.5. The second-order valence-corrected chi connectivity index (χ2v) is 15.3. The molecule has 1 heterocycles. The summed E-state index contributed by atoms with van der Waals surface area (Å²) in [4.78, 5) is 2.52. The molecule has 2 heteroatoms. The van der Waals surface area contributed by atoms with E-state index in [1.807, 2.05) is 11.3 Å². The Balaban J connectivity index is 1.23. The van der Waals surface area contributed by atoms with Gasteiger partial charge < -0.3 is 4.90 Å². The van der Waals surface area contributed by atoms with E-state index in [4.69, 9.17) is 0 Å². The quantitative estimate of drug-likeness (QED) is 0.181. The molecule has 11 rings (SSSR count). The van der Waals surface area contributed by atoms with E-state index in [-0.39, 0.29) is 5.41 Å². The Morgan fingerprint density at radius 2 is 1.00 bits per heavy atom. The summed E-state index contributed by atoms with van der Waals surface area (Å²) in [5.41, 5.74) is 16.5. The number of anilines is 3. The molecule has 0 aliphatic heterocycles. The number of rotatable bonds is 3. The molecule has 0 saturated carbocycles. The van der Waals surface area contributed by atoms with Gasteiger partial charge in [-0.2, -0.15) is 0 Å². The topological polar surface area (TPSA) is 3.24 Å². The molecule has 0 atom stereocenters. The zero-order chi connectivity index (χ0) is 33.8. The zero-order valence-corrected chi connectivity index (χ0v) is 29.3. The molecular formula is C49H33NS. The van der Waals surface area contributed by atoms with Crippen molar-refractivity contribution in [1.29, 1.82) is 0 Å². The molecule has 0 N–H and O–H groups in total. The smallest absolute Gasteiger partial charge is 0.0725 e. The maximum absolute atomic E-state index is 2.52. The molecule has 2 aliphatic rings. The van der Waals surface area contributed by atoms with Crippen LogP contribution in [0.4, 0.5) is 17.1 Å². The number of hydrogen-bond donors (Lipinski definition) is 0. The van der Waals surface area contributed by atoms with Gasteiger partial charge in [-0.1, -0.05) is 127 Å². The van der Waals surface area contributed by atoms with Crippen molar-refractivity contribution in [2.24, 2.45) is 0 Å². The molecular weight excluding hydrogens is 635 g/mol. The van der Waals surface area contributed by atoms with Crippen molar-refractivity contribution < 1.29 is 0 Å². The minimum atomic E-state index is -0.357. The molecule has 0 saturated heterocycles. The lowest BCUT2D eigenvalue weighted by molar-refractivity contribution is 0.794. The molecule has 51 heavy (non-hydrogen) atoms. The van der Waals surface area contributed by atoms with Crippen LogP contribution in [0.2, 0.25) is 0 Å². The van der Waals surface area contributed by atoms with Crippen LogP contribution in [0.3, 0.4) is 0 Å². The summed E-state index contributed by atoms with van der Waals surface area (Å²) in [7, 11) is 0. The van der Waals surface area contributed by atoms with Crippen LogP contribution in [0.15, 0.2) is 164 Å². The maximum atomic E-state index is 2.52. The summed E-state index contributed by atoms with van der Waals surface area (Å²) in [6.45, 7) is 4.42. The minimum absolute atomic E-state index is 0.357. The second-order valence-electron chi connectivity index (χ2n) is 14.2. The summed E-state index contributed by atoms with van der Waals surface area (Å²) in [5, 5.41) is 5.21. The van der Waals surface area contributed by atoms with Gasteiger partial charge in [-0.15, -0.1) is 11.3 Å². The van der Waals surface area contributed by atoms with Gasteiger partial charge in [0.2, 0.25) is 0 Å². The van der Waals surface area contributed by atoms with Gasteiger partial charge >= 0.3 is 0 Å². The summed E-state index contributed by atoms with van der Waals surface area (Å²) in [6, 6.07) is 61.6. The van der Waals surface area contributed by atoms with Gasteiger partial charge in [0.15, 0.2) is 0 Å². The van der Waals surface area contributed by atoms with Gasteiger partial charge in [0.1, 0.15) is 0 Å². The zero-order valence-electron chi connectivity index (χ0n) is 28.4. The van der Waals surface area contributed by atoms with E-state index in [9.17, 15) is 0 Å². The summed E-state index contributed by atoms with van der Waals surface area (Å²) >= 11 is 1.90. The fourth-order valence-corrected chi connectivity index (χ4v) is 10.7. The van der Waals surface area contributed by atoms with Crippen LogP contribution in [0.5, 0.6) is 0 Å². The minimum Gasteiger partial charge on any atom is -0.309 e.